The maximum atomic E-state index is 12.2. The minimum absolute atomic E-state index is 0.130. The summed E-state index contributed by atoms with van der Waals surface area (Å²) in [7, 11) is -3.71. The molecule has 0 spiro atoms. The Hall–Kier alpha value is -2.06. The van der Waals surface area contributed by atoms with Gasteiger partial charge in [-0.3, -0.25) is 4.72 Å². The fourth-order valence-corrected chi connectivity index (χ4v) is 2.94. The molecule has 0 fully saturated rings. The minimum Gasteiger partial charge on any atom is -0.367 e. The molecule has 8 heteroatoms. The van der Waals surface area contributed by atoms with Gasteiger partial charge < -0.3 is 4.74 Å². The molecule has 130 valence electrons. The Labute approximate surface area is 138 Å². The Morgan fingerprint density at radius 1 is 1.00 bits per heavy atom. The third-order valence-electron chi connectivity index (χ3n) is 3.07. The van der Waals surface area contributed by atoms with Crippen molar-refractivity contribution < 1.29 is 26.3 Å². The summed E-state index contributed by atoms with van der Waals surface area (Å²) in [6, 6.07) is 12.3. The number of sulfonamides is 1. The van der Waals surface area contributed by atoms with Crippen molar-refractivity contribution in [3.05, 3.63) is 59.7 Å². The van der Waals surface area contributed by atoms with Crippen molar-refractivity contribution in [1.29, 1.82) is 0 Å². The van der Waals surface area contributed by atoms with Crippen molar-refractivity contribution in [2.45, 2.75) is 24.6 Å². The smallest absolute Gasteiger partial charge is 0.367 e. The zero-order valence-corrected chi connectivity index (χ0v) is 13.6. The maximum absolute atomic E-state index is 12.2. The Balaban J connectivity index is 1.99. The summed E-state index contributed by atoms with van der Waals surface area (Å²) in [5, 5.41) is 0. The molecule has 0 aliphatic carbocycles. The van der Waals surface area contributed by atoms with Crippen LogP contribution in [0.25, 0.3) is 0 Å². The monoisotopic (exact) mass is 359 g/mol. The Kier molecular flexibility index (Phi) is 5.51. The van der Waals surface area contributed by atoms with Crippen LogP contribution >= 0.6 is 0 Å². The number of rotatable bonds is 6. The highest BCUT2D eigenvalue weighted by atomic mass is 32.2. The molecule has 24 heavy (non-hydrogen) atoms. The fourth-order valence-electron chi connectivity index (χ4n) is 1.89. The van der Waals surface area contributed by atoms with E-state index in [0.29, 0.717) is 11.3 Å². The highest BCUT2D eigenvalue weighted by Crippen LogP contribution is 2.19. The molecule has 0 heterocycles. The van der Waals surface area contributed by atoms with Gasteiger partial charge in [0, 0.05) is 5.69 Å². The van der Waals surface area contributed by atoms with Crippen LogP contribution in [0.5, 0.6) is 0 Å². The highest BCUT2D eigenvalue weighted by Gasteiger charge is 2.27. The van der Waals surface area contributed by atoms with Crippen molar-refractivity contribution >= 4 is 15.7 Å². The summed E-state index contributed by atoms with van der Waals surface area (Å²) < 4.78 is 67.4. The van der Waals surface area contributed by atoms with Crippen LogP contribution in [0.1, 0.15) is 11.1 Å². The van der Waals surface area contributed by atoms with Gasteiger partial charge in [0.1, 0.15) is 6.61 Å². The van der Waals surface area contributed by atoms with Gasteiger partial charge in [0.15, 0.2) is 0 Å². The van der Waals surface area contributed by atoms with E-state index in [1.165, 1.54) is 36.4 Å². The zero-order chi connectivity index (χ0) is 17.8. The van der Waals surface area contributed by atoms with Crippen LogP contribution in [-0.2, 0) is 21.4 Å². The second-order valence-electron chi connectivity index (χ2n) is 5.22. The Morgan fingerprint density at radius 2 is 1.58 bits per heavy atom. The van der Waals surface area contributed by atoms with Crippen molar-refractivity contribution in [1.82, 2.24) is 0 Å². The lowest BCUT2D eigenvalue weighted by atomic mass is 10.2. The molecule has 0 amide bonds. The molecule has 0 aromatic heterocycles. The van der Waals surface area contributed by atoms with Crippen LogP contribution in [0.2, 0.25) is 0 Å². The molecule has 0 aliphatic rings. The SMILES string of the molecule is Cc1ccc(S(=O)(=O)Nc2ccc(COCC(F)(F)F)cc2)cc1. The van der Waals surface area contributed by atoms with Crippen LogP contribution in [0, 0.1) is 6.92 Å². The summed E-state index contributed by atoms with van der Waals surface area (Å²) in [5.41, 5.74) is 1.77. The van der Waals surface area contributed by atoms with Gasteiger partial charge in [-0.25, -0.2) is 8.42 Å². The predicted octanol–water partition coefficient (Wildman–Crippen LogP) is 3.87. The van der Waals surface area contributed by atoms with Crippen LogP contribution < -0.4 is 4.72 Å². The number of hydrogen-bond acceptors (Lipinski definition) is 3. The number of nitrogens with one attached hydrogen (secondary N) is 1. The zero-order valence-electron chi connectivity index (χ0n) is 12.8. The van der Waals surface area contributed by atoms with E-state index < -0.39 is 22.8 Å². The summed E-state index contributed by atoms with van der Waals surface area (Å²) >= 11 is 0. The Morgan fingerprint density at radius 3 is 2.12 bits per heavy atom. The lowest BCUT2D eigenvalue weighted by Crippen LogP contribution is -2.16. The van der Waals surface area contributed by atoms with Gasteiger partial charge in [-0.1, -0.05) is 29.8 Å². The standard InChI is InChI=1S/C16H16F3NO3S/c1-12-2-8-15(9-3-12)24(21,22)20-14-6-4-13(5-7-14)10-23-11-16(17,18)19/h2-9,20H,10-11H2,1H3. The Bertz CT molecular complexity index is 770. The number of halogens is 3. The topological polar surface area (TPSA) is 55.4 Å². The molecule has 0 saturated carbocycles. The van der Waals surface area contributed by atoms with Gasteiger partial charge in [-0.2, -0.15) is 13.2 Å². The lowest BCUT2D eigenvalue weighted by molar-refractivity contribution is -0.176. The van der Waals surface area contributed by atoms with E-state index in [1.807, 2.05) is 6.92 Å². The first-order valence-electron chi connectivity index (χ1n) is 6.99. The van der Waals surface area contributed by atoms with E-state index in [9.17, 15) is 21.6 Å². The molecule has 1 N–H and O–H groups in total. The molecular weight excluding hydrogens is 343 g/mol. The number of aryl methyl sites for hydroxylation is 1. The molecule has 0 radical (unpaired) electrons. The van der Waals surface area contributed by atoms with Crippen molar-refractivity contribution in [3.63, 3.8) is 0 Å². The molecule has 0 atom stereocenters. The first-order valence-corrected chi connectivity index (χ1v) is 8.47. The number of hydrogen-bond donors (Lipinski definition) is 1. The van der Waals surface area contributed by atoms with E-state index in [2.05, 4.69) is 9.46 Å². The molecule has 4 nitrogen and oxygen atoms in total. The number of ether oxygens (including phenoxy) is 1. The first kappa shape index (κ1) is 18.3. The van der Waals surface area contributed by atoms with Crippen LogP contribution in [0.15, 0.2) is 53.4 Å². The second kappa shape index (κ2) is 7.23. The normalized spacial score (nSPS) is 12.2. The number of anilines is 1. The van der Waals surface area contributed by atoms with Crippen molar-refractivity contribution in [3.8, 4) is 0 Å². The molecule has 2 rings (SSSR count). The van der Waals surface area contributed by atoms with E-state index >= 15 is 0 Å². The number of benzene rings is 2. The summed E-state index contributed by atoms with van der Waals surface area (Å²) in [6.45, 7) is 0.322. The van der Waals surface area contributed by atoms with Crippen molar-refractivity contribution in [2.75, 3.05) is 11.3 Å². The average molecular weight is 359 g/mol. The maximum Gasteiger partial charge on any atom is 0.411 e. The van der Waals surface area contributed by atoms with Crippen LogP contribution in [-0.4, -0.2) is 21.2 Å². The predicted molar refractivity (Wildman–Crippen MR) is 84.1 cm³/mol. The van der Waals surface area contributed by atoms with E-state index in [1.54, 1.807) is 12.1 Å². The van der Waals surface area contributed by atoms with Gasteiger partial charge in [-0.15, -0.1) is 0 Å². The number of alkyl halides is 3. The third kappa shape index (κ3) is 5.54. The fraction of sp³-hybridized carbons (Fsp3) is 0.250. The molecule has 2 aromatic rings. The first-order chi connectivity index (χ1) is 11.2. The summed E-state index contributed by atoms with van der Waals surface area (Å²) in [5.74, 6) is 0. The largest absolute Gasteiger partial charge is 0.411 e. The van der Waals surface area contributed by atoms with Gasteiger partial charge in [0.05, 0.1) is 11.5 Å². The summed E-state index contributed by atoms with van der Waals surface area (Å²) in [4.78, 5) is 0.130. The van der Waals surface area contributed by atoms with Crippen LogP contribution in [0.3, 0.4) is 0 Å². The molecule has 0 aliphatic heterocycles. The van der Waals surface area contributed by atoms with Gasteiger partial charge in [0.2, 0.25) is 0 Å². The van der Waals surface area contributed by atoms with Gasteiger partial charge in [0.25, 0.3) is 10.0 Å². The van der Waals surface area contributed by atoms with Gasteiger partial charge in [-0.05, 0) is 36.8 Å². The van der Waals surface area contributed by atoms with Crippen molar-refractivity contribution in [2.24, 2.45) is 0 Å². The minimum atomic E-state index is -4.37. The van der Waals surface area contributed by atoms with Gasteiger partial charge >= 0.3 is 6.18 Å². The highest BCUT2D eigenvalue weighted by molar-refractivity contribution is 7.92. The molecule has 0 unspecified atom stereocenters. The lowest BCUT2D eigenvalue weighted by Gasteiger charge is -2.10. The third-order valence-corrected chi connectivity index (χ3v) is 4.47. The molecule has 0 bridgehead atoms. The second-order valence-corrected chi connectivity index (χ2v) is 6.91. The van der Waals surface area contributed by atoms with E-state index in [0.717, 1.165) is 5.56 Å². The van der Waals surface area contributed by atoms with Crippen LogP contribution in [0.4, 0.5) is 18.9 Å². The van der Waals surface area contributed by atoms with E-state index in [-0.39, 0.29) is 11.5 Å². The molecule has 2 aromatic carbocycles. The molecule has 0 saturated heterocycles. The quantitative estimate of drug-likeness (QED) is 0.852. The molecular formula is C16H16F3NO3S. The average Bonchev–Trinajstić information content (AvgIpc) is 2.48. The van der Waals surface area contributed by atoms with E-state index in [4.69, 9.17) is 0 Å². The summed E-state index contributed by atoms with van der Waals surface area (Å²) in [6.07, 6.45) is -4.37.